The van der Waals surface area contributed by atoms with Crippen LogP contribution >= 0.6 is 0 Å². The van der Waals surface area contributed by atoms with Gasteiger partial charge in [-0.15, -0.1) is 0 Å². The largest absolute Gasteiger partial charge is 0.378 e. The number of hydrogen-bond acceptors (Lipinski definition) is 5. The van der Waals surface area contributed by atoms with Gasteiger partial charge < -0.3 is 15.0 Å². The first-order valence-corrected chi connectivity index (χ1v) is 7.20. The van der Waals surface area contributed by atoms with E-state index >= 15 is 0 Å². The summed E-state index contributed by atoms with van der Waals surface area (Å²) >= 11 is 0. The quantitative estimate of drug-likeness (QED) is 0.655. The average molecular weight is 250 g/mol. The van der Waals surface area contributed by atoms with Crippen molar-refractivity contribution in [1.82, 2.24) is 10.2 Å². The van der Waals surface area contributed by atoms with Crippen LogP contribution in [-0.4, -0.2) is 70.6 Å². The lowest BCUT2D eigenvalue weighted by molar-refractivity contribution is -0.134. The normalized spacial score (nSPS) is 21.8. The van der Waals surface area contributed by atoms with Crippen molar-refractivity contribution in [2.75, 3.05) is 45.4 Å². The summed E-state index contributed by atoms with van der Waals surface area (Å²) in [7, 11) is -1.43. The molecule has 0 spiro atoms. The molecule has 0 aromatic rings. The van der Waals surface area contributed by atoms with Gasteiger partial charge in [-0.3, -0.25) is 4.79 Å². The molecule has 1 N–H and O–H groups in total. The molecule has 1 saturated heterocycles. The highest BCUT2D eigenvalue weighted by Gasteiger charge is 2.24. The van der Waals surface area contributed by atoms with E-state index in [0.717, 1.165) is 6.26 Å². The topological polar surface area (TPSA) is 75.7 Å². The average Bonchev–Trinajstić information content (AvgIpc) is 2.25. The van der Waals surface area contributed by atoms with Crippen LogP contribution in [-0.2, 0) is 19.4 Å². The van der Waals surface area contributed by atoms with Crippen molar-refractivity contribution in [1.29, 1.82) is 0 Å². The Labute approximate surface area is 95.9 Å². The van der Waals surface area contributed by atoms with Crippen molar-refractivity contribution >= 4 is 15.7 Å². The van der Waals surface area contributed by atoms with E-state index in [0.29, 0.717) is 19.8 Å². The Bertz CT molecular complexity index is 335. The molecule has 0 bridgehead atoms. The van der Waals surface area contributed by atoms with Gasteiger partial charge in [0, 0.05) is 26.4 Å². The second-order valence-corrected chi connectivity index (χ2v) is 6.23. The summed E-state index contributed by atoms with van der Waals surface area (Å²) in [5.41, 5.74) is 0. The number of likely N-dealkylation sites (N-methyl/N-ethyl adjacent to an activating group) is 1. The molecule has 0 aromatic carbocycles. The monoisotopic (exact) mass is 250 g/mol. The van der Waals surface area contributed by atoms with Gasteiger partial charge in [0.15, 0.2) is 0 Å². The van der Waals surface area contributed by atoms with Crippen LogP contribution in [0.25, 0.3) is 0 Å². The number of sulfone groups is 1. The number of amides is 1. The first kappa shape index (κ1) is 13.4. The zero-order valence-electron chi connectivity index (χ0n) is 9.60. The maximum Gasteiger partial charge on any atom is 0.241 e. The molecule has 0 radical (unpaired) electrons. The molecule has 0 aliphatic carbocycles. The Morgan fingerprint density at radius 1 is 1.56 bits per heavy atom. The van der Waals surface area contributed by atoms with Crippen molar-refractivity contribution in [3.8, 4) is 0 Å². The van der Waals surface area contributed by atoms with E-state index in [9.17, 15) is 13.2 Å². The second-order valence-electron chi connectivity index (χ2n) is 3.97. The van der Waals surface area contributed by atoms with Crippen LogP contribution in [0.3, 0.4) is 0 Å². The van der Waals surface area contributed by atoms with Crippen LogP contribution < -0.4 is 5.32 Å². The van der Waals surface area contributed by atoms with Gasteiger partial charge in [-0.05, 0) is 0 Å². The molecule has 1 fully saturated rings. The number of hydrogen-bond donors (Lipinski definition) is 1. The van der Waals surface area contributed by atoms with Gasteiger partial charge in [-0.1, -0.05) is 0 Å². The zero-order chi connectivity index (χ0) is 12.2. The molecule has 1 unspecified atom stereocenters. The maximum absolute atomic E-state index is 11.8. The van der Waals surface area contributed by atoms with E-state index in [1.807, 2.05) is 0 Å². The number of nitrogens with zero attached hydrogens (tertiary/aromatic N) is 1. The van der Waals surface area contributed by atoms with Crippen molar-refractivity contribution in [2.45, 2.75) is 6.04 Å². The fourth-order valence-corrected chi connectivity index (χ4v) is 2.01. The molecule has 6 nitrogen and oxygen atoms in total. The molecule has 0 saturated carbocycles. The number of carbonyl (C=O) groups is 1. The summed E-state index contributed by atoms with van der Waals surface area (Å²) in [5.74, 6) is -0.133. The van der Waals surface area contributed by atoms with Crippen molar-refractivity contribution in [3.63, 3.8) is 0 Å². The standard InChI is InChI=1S/C9H18N2O4S/c1-11(4-6-16(2,13)14)9(12)8-7-15-5-3-10-8/h8,10H,3-7H2,1-2H3. The molecule has 1 rings (SSSR count). The van der Waals surface area contributed by atoms with Crippen LogP contribution in [0, 0.1) is 0 Å². The van der Waals surface area contributed by atoms with Gasteiger partial charge in [-0.25, -0.2) is 8.42 Å². The van der Waals surface area contributed by atoms with E-state index in [4.69, 9.17) is 4.74 Å². The Hall–Kier alpha value is -0.660. The van der Waals surface area contributed by atoms with E-state index in [1.54, 1.807) is 7.05 Å². The van der Waals surface area contributed by atoms with E-state index in [2.05, 4.69) is 5.32 Å². The predicted molar refractivity (Wildman–Crippen MR) is 60.0 cm³/mol. The highest BCUT2D eigenvalue weighted by atomic mass is 32.2. The fourth-order valence-electron chi connectivity index (χ4n) is 1.40. The molecule has 1 aliphatic rings. The number of carbonyl (C=O) groups excluding carboxylic acids is 1. The summed E-state index contributed by atoms with van der Waals surface area (Å²) in [6.45, 7) is 1.82. The van der Waals surface area contributed by atoms with Gasteiger partial charge in [0.2, 0.25) is 5.91 Å². The Kier molecular flexibility index (Phi) is 4.69. The summed E-state index contributed by atoms with van der Waals surface area (Å²) in [5, 5.41) is 3.03. The summed E-state index contributed by atoms with van der Waals surface area (Å²) < 4.78 is 27.1. The highest BCUT2D eigenvalue weighted by Crippen LogP contribution is 1.99. The molecule has 16 heavy (non-hydrogen) atoms. The van der Waals surface area contributed by atoms with Crippen LogP contribution in [0.15, 0.2) is 0 Å². The molecule has 1 heterocycles. The van der Waals surface area contributed by atoms with Gasteiger partial charge in [0.25, 0.3) is 0 Å². The molecule has 1 amide bonds. The lowest BCUT2D eigenvalue weighted by Crippen LogP contribution is -2.52. The third-order valence-electron chi connectivity index (χ3n) is 2.39. The molecule has 94 valence electrons. The molecular formula is C9H18N2O4S. The highest BCUT2D eigenvalue weighted by molar-refractivity contribution is 7.90. The van der Waals surface area contributed by atoms with Crippen LogP contribution in [0.2, 0.25) is 0 Å². The number of morpholine rings is 1. The van der Waals surface area contributed by atoms with Crippen molar-refractivity contribution in [3.05, 3.63) is 0 Å². The van der Waals surface area contributed by atoms with Crippen LogP contribution in [0.4, 0.5) is 0 Å². The number of rotatable bonds is 4. The minimum absolute atomic E-state index is 0.0111. The Morgan fingerprint density at radius 3 is 2.75 bits per heavy atom. The first-order valence-electron chi connectivity index (χ1n) is 5.14. The second kappa shape index (κ2) is 5.60. The maximum atomic E-state index is 11.8. The smallest absolute Gasteiger partial charge is 0.241 e. The molecule has 0 aromatic heterocycles. The molecule has 1 atom stereocenters. The SMILES string of the molecule is CN(CCS(C)(=O)=O)C(=O)C1COCCN1. The van der Waals surface area contributed by atoms with Gasteiger partial charge in [0.1, 0.15) is 15.9 Å². The predicted octanol–water partition coefficient (Wildman–Crippen LogP) is -1.52. The van der Waals surface area contributed by atoms with Crippen LogP contribution in [0.5, 0.6) is 0 Å². The number of ether oxygens (including phenoxy) is 1. The summed E-state index contributed by atoms with van der Waals surface area (Å²) in [6.07, 6.45) is 1.16. The third-order valence-corrected chi connectivity index (χ3v) is 3.32. The lowest BCUT2D eigenvalue weighted by atomic mass is 10.2. The van der Waals surface area contributed by atoms with E-state index < -0.39 is 9.84 Å². The zero-order valence-corrected chi connectivity index (χ0v) is 10.4. The molecule has 1 aliphatic heterocycles. The molecule has 7 heteroatoms. The van der Waals surface area contributed by atoms with Crippen LogP contribution in [0.1, 0.15) is 0 Å². The van der Waals surface area contributed by atoms with Gasteiger partial charge >= 0.3 is 0 Å². The third kappa shape index (κ3) is 4.46. The summed E-state index contributed by atoms with van der Waals surface area (Å²) in [4.78, 5) is 13.2. The van der Waals surface area contributed by atoms with E-state index in [-0.39, 0.29) is 24.2 Å². The first-order chi connectivity index (χ1) is 7.40. The fraction of sp³-hybridized carbons (Fsp3) is 0.889. The Morgan fingerprint density at radius 2 is 2.25 bits per heavy atom. The lowest BCUT2D eigenvalue weighted by Gasteiger charge is -2.27. The van der Waals surface area contributed by atoms with Gasteiger partial charge in [0.05, 0.1) is 19.0 Å². The number of nitrogens with one attached hydrogen (secondary N) is 1. The summed E-state index contributed by atoms with van der Waals surface area (Å²) in [6, 6.07) is -0.349. The molecular weight excluding hydrogens is 232 g/mol. The Balaban J connectivity index is 2.40. The van der Waals surface area contributed by atoms with Crippen molar-refractivity contribution in [2.24, 2.45) is 0 Å². The van der Waals surface area contributed by atoms with Crippen molar-refractivity contribution < 1.29 is 17.9 Å². The minimum atomic E-state index is -3.03. The van der Waals surface area contributed by atoms with E-state index in [1.165, 1.54) is 4.90 Å². The minimum Gasteiger partial charge on any atom is -0.378 e. The van der Waals surface area contributed by atoms with Gasteiger partial charge in [-0.2, -0.15) is 0 Å².